The number of fused-ring (bicyclic) bond motifs is 1. The van der Waals surface area contributed by atoms with Crippen molar-refractivity contribution in [2.45, 2.75) is 19.5 Å². The summed E-state index contributed by atoms with van der Waals surface area (Å²) in [6.07, 6.45) is 3.70. The smallest absolute Gasteiger partial charge is 0.238 e. The highest BCUT2D eigenvalue weighted by molar-refractivity contribution is 5.64. The summed E-state index contributed by atoms with van der Waals surface area (Å²) < 4.78 is 9.52. The summed E-state index contributed by atoms with van der Waals surface area (Å²) >= 11 is 0. The topological polar surface area (TPSA) is 73.9 Å². The molecule has 6 rings (SSSR count). The molecule has 8 heteroatoms. The maximum absolute atomic E-state index is 5.61. The summed E-state index contributed by atoms with van der Waals surface area (Å²) in [7, 11) is 3.76. The van der Waals surface area contributed by atoms with E-state index in [0.29, 0.717) is 17.4 Å². The van der Waals surface area contributed by atoms with E-state index >= 15 is 0 Å². The maximum atomic E-state index is 5.61. The molecule has 180 valence electrons. The Morgan fingerprint density at radius 3 is 2.53 bits per heavy atom. The molecule has 0 spiro atoms. The maximum Gasteiger partial charge on any atom is 0.238 e. The summed E-state index contributed by atoms with van der Waals surface area (Å²) in [6.45, 7) is 3.61. The molecular formula is C28H27N7O. The van der Waals surface area contributed by atoms with Gasteiger partial charge in [0.1, 0.15) is 17.2 Å². The zero-order valence-electron chi connectivity index (χ0n) is 20.5. The van der Waals surface area contributed by atoms with Gasteiger partial charge in [-0.2, -0.15) is 0 Å². The van der Waals surface area contributed by atoms with Gasteiger partial charge >= 0.3 is 0 Å². The Hall–Kier alpha value is -4.30. The van der Waals surface area contributed by atoms with E-state index in [-0.39, 0.29) is 6.04 Å². The molecule has 0 N–H and O–H groups in total. The first-order valence-electron chi connectivity index (χ1n) is 12.0. The molecule has 5 aromatic rings. The number of aryl methyl sites for hydroxylation is 1. The van der Waals surface area contributed by atoms with Crippen molar-refractivity contribution in [1.82, 2.24) is 34.2 Å². The minimum Gasteiger partial charge on any atom is -0.479 e. The number of hydrogen-bond donors (Lipinski definition) is 0. The van der Waals surface area contributed by atoms with Crippen molar-refractivity contribution in [2.75, 3.05) is 20.7 Å². The minimum absolute atomic E-state index is 0.00115. The second kappa shape index (κ2) is 9.05. The highest BCUT2D eigenvalue weighted by Crippen LogP contribution is 2.33. The average Bonchev–Trinajstić information content (AvgIpc) is 3.55. The van der Waals surface area contributed by atoms with Crippen molar-refractivity contribution in [3.63, 3.8) is 0 Å². The van der Waals surface area contributed by atoms with Gasteiger partial charge in [0.2, 0.25) is 5.88 Å². The molecule has 3 aromatic heterocycles. The number of nitrogens with zero attached hydrogens (tertiary/aromatic N) is 7. The highest BCUT2D eigenvalue weighted by Gasteiger charge is 2.30. The van der Waals surface area contributed by atoms with Crippen LogP contribution in [0.2, 0.25) is 0 Å². The van der Waals surface area contributed by atoms with Crippen LogP contribution in [0.25, 0.3) is 28.3 Å². The van der Waals surface area contributed by atoms with Crippen molar-refractivity contribution >= 4 is 0 Å². The quantitative estimate of drug-likeness (QED) is 0.370. The zero-order valence-corrected chi connectivity index (χ0v) is 20.5. The molecule has 0 fully saturated rings. The fraction of sp³-hybridized carbons (Fsp3) is 0.214. The van der Waals surface area contributed by atoms with Gasteiger partial charge in [0.15, 0.2) is 5.82 Å². The number of imidazole rings is 1. The van der Waals surface area contributed by atoms with Gasteiger partial charge in [0.25, 0.3) is 0 Å². The summed E-state index contributed by atoms with van der Waals surface area (Å²) in [4.78, 5) is 16.4. The third kappa shape index (κ3) is 3.95. The second-order valence-corrected chi connectivity index (χ2v) is 9.04. The number of methoxy groups -OCH3 is 1. The van der Waals surface area contributed by atoms with Crippen LogP contribution in [0.3, 0.4) is 0 Å². The number of aromatic nitrogens is 6. The van der Waals surface area contributed by atoms with E-state index in [9.17, 15) is 0 Å². The summed E-state index contributed by atoms with van der Waals surface area (Å²) in [5, 5.41) is 4.84. The van der Waals surface area contributed by atoms with E-state index < -0.39 is 0 Å². The zero-order chi connectivity index (χ0) is 24.6. The van der Waals surface area contributed by atoms with Crippen LogP contribution in [0.15, 0.2) is 79.3 Å². The lowest BCUT2D eigenvalue weighted by atomic mass is 9.97. The van der Waals surface area contributed by atoms with Crippen LogP contribution in [0.5, 0.6) is 5.88 Å². The first-order valence-corrected chi connectivity index (χ1v) is 12.0. The van der Waals surface area contributed by atoms with Gasteiger partial charge < -0.3 is 9.30 Å². The van der Waals surface area contributed by atoms with Crippen molar-refractivity contribution in [2.24, 2.45) is 0 Å². The van der Waals surface area contributed by atoms with E-state index in [1.54, 1.807) is 13.4 Å². The van der Waals surface area contributed by atoms with Crippen molar-refractivity contribution in [1.29, 1.82) is 0 Å². The largest absolute Gasteiger partial charge is 0.479 e. The Kier molecular flexibility index (Phi) is 5.58. The summed E-state index contributed by atoms with van der Waals surface area (Å²) in [5.74, 6) is 2.01. The third-order valence-corrected chi connectivity index (χ3v) is 6.61. The number of rotatable bonds is 5. The van der Waals surface area contributed by atoms with Crippen LogP contribution in [0.1, 0.15) is 23.1 Å². The number of ether oxygens (including phenoxy) is 1. The van der Waals surface area contributed by atoms with Crippen molar-refractivity contribution < 1.29 is 4.74 Å². The number of hydrogen-bond acceptors (Lipinski definition) is 6. The molecule has 8 nitrogen and oxygen atoms in total. The van der Waals surface area contributed by atoms with Crippen molar-refractivity contribution in [3.05, 3.63) is 96.3 Å². The van der Waals surface area contributed by atoms with Gasteiger partial charge in [-0.05, 0) is 48.9 Å². The van der Waals surface area contributed by atoms with Crippen LogP contribution in [-0.4, -0.2) is 54.9 Å². The Morgan fingerprint density at radius 1 is 0.917 bits per heavy atom. The molecule has 4 heterocycles. The Labute approximate surface area is 209 Å². The van der Waals surface area contributed by atoms with Crippen molar-refractivity contribution in [3.8, 4) is 34.2 Å². The SMILES string of the molecule is COc1nc(-c2nc3n(n2)CCN(C)[C@H]3c2cccc(-c3ccccc3)c2)ccc1-n1cnc(C)c1. The van der Waals surface area contributed by atoms with Gasteiger partial charge in [-0.1, -0.05) is 48.5 Å². The fourth-order valence-corrected chi connectivity index (χ4v) is 4.79. The van der Waals surface area contributed by atoms with E-state index in [4.69, 9.17) is 19.8 Å². The summed E-state index contributed by atoms with van der Waals surface area (Å²) in [5.41, 5.74) is 6.00. The summed E-state index contributed by atoms with van der Waals surface area (Å²) in [6, 6.07) is 23.0. The Balaban J connectivity index is 1.38. The van der Waals surface area contributed by atoms with Gasteiger partial charge in [-0.25, -0.2) is 19.6 Å². The third-order valence-electron chi connectivity index (χ3n) is 6.61. The lowest BCUT2D eigenvalue weighted by Gasteiger charge is -2.32. The molecule has 1 aliphatic heterocycles. The molecule has 1 atom stereocenters. The standard InChI is InChI=1S/C28H27N7O/c1-19-17-34(18-29-19)24-13-12-23(30-28(24)36-3)26-31-27-25(33(2)14-15-35(27)32-26)22-11-7-10-21(16-22)20-8-5-4-6-9-20/h4-13,16-18,25H,14-15H2,1-3H3/t25-/m0/s1. The number of likely N-dealkylation sites (N-methyl/N-ethyl adjacent to an activating group) is 1. The van der Waals surface area contributed by atoms with Crippen LogP contribution >= 0.6 is 0 Å². The Bertz CT molecular complexity index is 1520. The Morgan fingerprint density at radius 2 is 1.75 bits per heavy atom. The van der Waals surface area contributed by atoms with Gasteiger partial charge in [-0.15, -0.1) is 5.10 Å². The molecule has 1 aliphatic rings. The van der Waals surface area contributed by atoms with Gasteiger partial charge in [0, 0.05) is 12.7 Å². The molecule has 0 bridgehead atoms. The van der Waals surface area contributed by atoms with Gasteiger partial charge in [-0.3, -0.25) is 4.90 Å². The van der Waals surface area contributed by atoms with E-state index in [1.165, 1.54) is 16.7 Å². The normalized spacial score (nSPS) is 15.6. The van der Waals surface area contributed by atoms with Crippen LogP contribution < -0.4 is 4.74 Å². The molecule has 0 saturated heterocycles. The fourth-order valence-electron chi connectivity index (χ4n) is 4.79. The first-order chi connectivity index (χ1) is 17.6. The van der Waals surface area contributed by atoms with Gasteiger partial charge in [0.05, 0.1) is 31.7 Å². The molecule has 0 aliphatic carbocycles. The van der Waals surface area contributed by atoms with E-state index in [1.807, 2.05) is 40.6 Å². The highest BCUT2D eigenvalue weighted by atomic mass is 16.5. The van der Waals surface area contributed by atoms with Crippen LogP contribution in [-0.2, 0) is 6.54 Å². The molecular weight excluding hydrogens is 450 g/mol. The lowest BCUT2D eigenvalue weighted by Crippen LogP contribution is -2.36. The number of benzene rings is 2. The molecule has 36 heavy (non-hydrogen) atoms. The minimum atomic E-state index is -0.00115. The lowest BCUT2D eigenvalue weighted by molar-refractivity contribution is 0.213. The molecule has 2 aromatic carbocycles. The first kappa shape index (κ1) is 22.2. The van der Waals surface area contributed by atoms with E-state index in [0.717, 1.165) is 30.3 Å². The monoisotopic (exact) mass is 477 g/mol. The second-order valence-electron chi connectivity index (χ2n) is 9.04. The molecule has 0 radical (unpaired) electrons. The van der Waals surface area contributed by atoms with Crippen LogP contribution in [0, 0.1) is 6.92 Å². The predicted octanol–water partition coefficient (Wildman–Crippen LogP) is 4.54. The molecule has 0 amide bonds. The molecule has 0 unspecified atom stereocenters. The van der Waals surface area contributed by atoms with E-state index in [2.05, 4.69) is 65.5 Å². The van der Waals surface area contributed by atoms with Crippen LogP contribution in [0.4, 0.5) is 0 Å². The average molecular weight is 478 g/mol. The number of pyridine rings is 1. The predicted molar refractivity (Wildman–Crippen MR) is 138 cm³/mol. The molecule has 0 saturated carbocycles.